The van der Waals surface area contributed by atoms with Gasteiger partial charge in [-0.2, -0.15) is 0 Å². The van der Waals surface area contributed by atoms with Gasteiger partial charge in [-0.15, -0.1) is 0 Å². The van der Waals surface area contributed by atoms with Crippen LogP contribution in [-0.2, 0) is 19.6 Å². The first kappa shape index (κ1) is 11.4. The smallest absolute Gasteiger partial charge is 0.241 e. The monoisotopic (exact) mass is 246 g/mol. The Balaban J connectivity index is 2.40. The van der Waals surface area contributed by atoms with Gasteiger partial charge in [0, 0.05) is 6.54 Å². The lowest BCUT2D eigenvalue weighted by Crippen LogP contribution is -2.40. The van der Waals surface area contributed by atoms with E-state index in [0.717, 1.165) is 10.6 Å². The Kier molecular flexibility index (Phi) is 2.45. The first-order valence-corrected chi connectivity index (χ1v) is 6.97. The topological polar surface area (TPSA) is 74.8 Å². The van der Waals surface area contributed by atoms with Gasteiger partial charge in [0.25, 0.3) is 0 Å². The van der Waals surface area contributed by atoms with Crippen LogP contribution < -0.4 is 0 Å². The average Bonchev–Trinajstić information content (AvgIpc) is 2.66. The van der Waals surface area contributed by atoms with E-state index in [0.29, 0.717) is 19.4 Å². The molecular formula is C9H14N2O4S. The standard InChI is InChI=1S/C9H14N2O4S/c1-6-8-7(3-4-10(8)5-12)11(9(6)13)16(2,14)15/h5-8H,3-4H2,1-2H3. The number of likely N-dealkylation sites (tertiary alicyclic amines) is 1. The molecule has 2 saturated heterocycles. The summed E-state index contributed by atoms with van der Waals surface area (Å²) in [5.41, 5.74) is 0. The number of hydrogen-bond donors (Lipinski definition) is 0. The van der Waals surface area contributed by atoms with E-state index < -0.39 is 21.8 Å². The van der Waals surface area contributed by atoms with Crippen molar-refractivity contribution in [2.24, 2.45) is 5.92 Å². The molecule has 2 amide bonds. The molecule has 0 aliphatic carbocycles. The van der Waals surface area contributed by atoms with Gasteiger partial charge in [-0.1, -0.05) is 6.92 Å². The summed E-state index contributed by atoms with van der Waals surface area (Å²) in [6, 6.07) is -0.664. The summed E-state index contributed by atoms with van der Waals surface area (Å²) in [5.74, 6) is -0.837. The molecular weight excluding hydrogens is 232 g/mol. The van der Waals surface area contributed by atoms with Crippen molar-refractivity contribution in [1.29, 1.82) is 0 Å². The second kappa shape index (κ2) is 3.44. The average molecular weight is 246 g/mol. The Morgan fingerprint density at radius 1 is 1.44 bits per heavy atom. The molecule has 2 heterocycles. The molecule has 3 unspecified atom stereocenters. The molecule has 0 saturated carbocycles. The Hall–Kier alpha value is -1.11. The van der Waals surface area contributed by atoms with Gasteiger partial charge in [0.1, 0.15) is 0 Å². The van der Waals surface area contributed by atoms with Crippen LogP contribution in [-0.4, -0.2) is 54.8 Å². The van der Waals surface area contributed by atoms with Crippen molar-refractivity contribution in [3.8, 4) is 0 Å². The highest BCUT2D eigenvalue weighted by Gasteiger charge is 2.54. The third-order valence-electron chi connectivity index (χ3n) is 3.37. The molecule has 3 atom stereocenters. The summed E-state index contributed by atoms with van der Waals surface area (Å²) in [4.78, 5) is 24.2. The van der Waals surface area contributed by atoms with Crippen LogP contribution in [0.4, 0.5) is 0 Å². The van der Waals surface area contributed by atoms with Gasteiger partial charge in [-0.25, -0.2) is 12.7 Å². The fourth-order valence-corrected chi connectivity index (χ4v) is 3.96. The summed E-state index contributed by atoms with van der Waals surface area (Å²) in [5, 5.41) is 0. The summed E-state index contributed by atoms with van der Waals surface area (Å²) >= 11 is 0. The lowest BCUT2D eigenvalue weighted by Gasteiger charge is -2.22. The SMILES string of the molecule is CC1C(=O)N(S(C)(=O)=O)C2CCN(C=O)C12. The Labute approximate surface area is 94.3 Å². The normalized spacial score (nSPS) is 34.4. The Bertz CT molecular complexity index is 433. The lowest BCUT2D eigenvalue weighted by atomic mass is 10.0. The minimum absolute atomic E-state index is 0.292. The van der Waals surface area contributed by atoms with E-state index in [9.17, 15) is 18.0 Å². The molecule has 0 aromatic carbocycles. The number of carbonyl (C=O) groups is 2. The van der Waals surface area contributed by atoms with E-state index in [-0.39, 0.29) is 12.1 Å². The molecule has 6 nitrogen and oxygen atoms in total. The number of hydrogen-bond acceptors (Lipinski definition) is 4. The quantitative estimate of drug-likeness (QED) is 0.587. The molecule has 2 fully saturated rings. The molecule has 90 valence electrons. The molecule has 0 N–H and O–H groups in total. The highest BCUT2D eigenvalue weighted by Crippen LogP contribution is 2.36. The molecule has 2 rings (SSSR count). The van der Waals surface area contributed by atoms with E-state index in [4.69, 9.17) is 0 Å². The van der Waals surface area contributed by atoms with Crippen molar-refractivity contribution in [3.05, 3.63) is 0 Å². The predicted octanol–water partition coefficient (Wildman–Crippen LogP) is -0.976. The van der Waals surface area contributed by atoms with Gasteiger partial charge in [0.05, 0.1) is 24.3 Å². The third-order valence-corrected chi connectivity index (χ3v) is 4.54. The van der Waals surface area contributed by atoms with Crippen LogP contribution in [0, 0.1) is 5.92 Å². The molecule has 0 spiro atoms. The molecule has 0 bridgehead atoms. The fraction of sp³-hybridized carbons (Fsp3) is 0.778. The first-order chi connectivity index (χ1) is 7.38. The molecule has 0 radical (unpaired) electrons. The van der Waals surface area contributed by atoms with E-state index in [1.54, 1.807) is 6.92 Å². The zero-order valence-corrected chi connectivity index (χ0v) is 9.98. The van der Waals surface area contributed by atoms with Crippen molar-refractivity contribution in [2.45, 2.75) is 25.4 Å². The van der Waals surface area contributed by atoms with Crippen molar-refractivity contribution in [3.63, 3.8) is 0 Å². The second-order valence-electron chi connectivity index (χ2n) is 4.38. The number of rotatable bonds is 2. The van der Waals surface area contributed by atoms with E-state index in [1.807, 2.05) is 0 Å². The van der Waals surface area contributed by atoms with Gasteiger partial charge in [0.15, 0.2) is 0 Å². The van der Waals surface area contributed by atoms with Crippen LogP contribution in [0.3, 0.4) is 0 Å². The van der Waals surface area contributed by atoms with Crippen LogP contribution in [0.25, 0.3) is 0 Å². The second-order valence-corrected chi connectivity index (χ2v) is 6.24. The summed E-state index contributed by atoms with van der Waals surface area (Å²) in [6.45, 7) is 2.19. The number of carbonyl (C=O) groups excluding carboxylic acids is 2. The summed E-state index contributed by atoms with van der Waals surface area (Å²) in [6.07, 6.45) is 2.26. The van der Waals surface area contributed by atoms with Crippen molar-refractivity contribution in [1.82, 2.24) is 9.21 Å². The summed E-state index contributed by atoms with van der Waals surface area (Å²) < 4.78 is 24.0. The number of nitrogens with zero attached hydrogens (tertiary/aromatic N) is 2. The largest absolute Gasteiger partial charge is 0.339 e. The zero-order chi connectivity index (χ0) is 12.1. The lowest BCUT2D eigenvalue weighted by molar-refractivity contribution is -0.128. The van der Waals surface area contributed by atoms with Crippen LogP contribution >= 0.6 is 0 Å². The number of sulfonamides is 1. The molecule has 7 heteroatoms. The van der Waals surface area contributed by atoms with Gasteiger partial charge in [0.2, 0.25) is 22.3 Å². The van der Waals surface area contributed by atoms with Crippen LogP contribution in [0.5, 0.6) is 0 Å². The Morgan fingerprint density at radius 3 is 2.56 bits per heavy atom. The van der Waals surface area contributed by atoms with Crippen molar-refractivity contribution in [2.75, 3.05) is 12.8 Å². The first-order valence-electron chi connectivity index (χ1n) is 5.12. The summed E-state index contributed by atoms with van der Waals surface area (Å²) in [7, 11) is -3.53. The van der Waals surface area contributed by atoms with E-state index >= 15 is 0 Å². The van der Waals surface area contributed by atoms with Gasteiger partial charge in [-0.3, -0.25) is 9.59 Å². The van der Waals surface area contributed by atoms with Gasteiger partial charge >= 0.3 is 0 Å². The van der Waals surface area contributed by atoms with Crippen LogP contribution in [0.15, 0.2) is 0 Å². The van der Waals surface area contributed by atoms with Crippen molar-refractivity contribution >= 4 is 22.3 Å². The van der Waals surface area contributed by atoms with Crippen LogP contribution in [0.1, 0.15) is 13.3 Å². The predicted molar refractivity (Wildman–Crippen MR) is 55.8 cm³/mol. The Morgan fingerprint density at radius 2 is 2.06 bits per heavy atom. The zero-order valence-electron chi connectivity index (χ0n) is 9.16. The minimum atomic E-state index is -3.53. The molecule has 0 aromatic heterocycles. The molecule has 2 aliphatic heterocycles. The molecule has 16 heavy (non-hydrogen) atoms. The number of amides is 2. The molecule has 0 aromatic rings. The minimum Gasteiger partial charge on any atom is -0.339 e. The maximum absolute atomic E-state index is 11.8. The van der Waals surface area contributed by atoms with E-state index in [2.05, 4.69) is 0 Å². The third kappa shape index (κ3) is 1.41. The highest BCUT2D eigenvalue weighted by atomic mass is 32.2. The highest BCUT2D eigenvalue weighted by molar-refractivity contribution is 7.88. The maximum Gasteiger partial charge on any atom is 0.241 e. The maximum atomic E-state index is 11.8. The molecule has 2 aliphatic rings. The number of fused-ring (bicyclic) bond motifs is 1. The van der Waals surface area contributed by atoms with Crippen molar-refractivity contribution < 1.29 is 18.0 Å². The fourth-order valence-electron chi connectivity index (χ4n) is 2.74. The van der Waals surface area contributed by atoms with Gasteiger partial charge in [-0.05, 0) is 6.42 Å². The van der Waals surface area contributed by atoms with E-state index in [1.165, 1.54) is 4.90 Å². The van der Waals surface area contributed by atoms with Gasteiger partial charge < -0.3 is 4.90 Å². The van der Waals surface area contributed by atoms with Crippen LogP contribution in [0.2, 0.25) is 0 Å².